The van der Waals surface area contributed by atoms with Crippen LogP contribution in [0, 0.1) is 5.92 Å². The van der Waals surface area contributed by atoms with Crippen molar-refractivity contribution in [3.05, 3.63) is 28.8 Å². The zero-order valence-corrected chi connectivity index (χ0v) is 17.4. The predicted molar refractivity (Wildman–Crippen MR) is 105 cm³/mol. The second kappa shape index (κ2) is 7.48. The molecule has 0 bridgehead atoms. The van der Waals surface area contributed by atoms with Crippen molar-refractivity contribution in [2.24, 2.45) is 11.0 Å². The Balaban J connectivity index is 2.58. The molecule has 2 rings (SSSR count). The zero-order valence-electron chi connectivity index (χ0n) is 16.6. The molecule has 140 valence electrons. The van der Waals surface area contributed by atoms with Crippen LogP contribution >= 0.6 is 0 Å². The third-order valence-corrected chi connectivity index (χ3v) is 6.20. The first-order chi connectivity index (χ1) is 11.5. The molecule has 0 aliphatic heterocycles. The van der Waals surface area contributed by atoms with Gasteiger partial charge in [0.05, 0.1) is 4.90 Å². The van der Waals surface area contributed by atoms with Crippen molar-refractivity contribution in [2.45, 2.75) is 84.0 Å². The average molecular weight is 365 g/mol. The molecule has 1 fully saturated rings. The number of rotatable bonds is 7. The van der Waals surface area contributed by atoms with Gasteiger partial charge in [-0.2, -0.15) is 13.5 Å². The van der Waals surface area contributed by atoms with Gasteiger partial charge in [0, 0.05) is 5.71 Å². The van der Waals surface area contributed by atoms with E-state index in [-0.39, 0.29) is 11.8 Å². The number of hydrazone groups is 1. The van der Waals surface area contributed by atoms with Crippen molar-refractivity contribution < 1.29 is 8.42 Å². The van der Waals surface area contributed by atoms with Crippen LogP contribution in [-0.4, -0.2) is 14.1 Å². The Morgan fingerprint density at radius 2 is 1.48 bits per heavy atom. The molecular weight excluding hydrogens is 332 g/mol. The van der Waals surface area contributed by atoms with Gasteiger partial charge in [0.25, 0.3) is 10.0 Å². The van der Waals surface area contributed by atoms with E-state index in [1.54, 1.807) is 0 Å². The molecule has 1 aromatic rings. The number of benzene rings is 1. The van der Waals surface area contributed by atoms with Gasteiger partial charge in [0.15, 0.2) is 0 Å². The Morgan fingerprint density at radius 1 is 1.00 bits per heavy atom. The van der Waals surface area contributed by atoms with E-state index in [1.165, 1.54) is 5.56 Å². The van der Waals surface area contributed by atoms with Gasteiger partial charge in [-0.1, -0.05) is 53.7 Å². The molecule has 1 saturated carbocycles. The largest absolute Gasteiger partial charge is 0.277 e. The first kappa shape index (κ1) is 20.0. The van der Waals surface area contributed by atoms with Crippen LogP contribution in [-0.2, 0) is 10.0 Å². The fourth-order valence-electron chi connectivity index (χ4n) is 2.97. The first-order valence-corrected chi connectivity index (χ1v) is 10.8. The molecule has 0 aromatic heterocycles. The molecule has 0 heterocycles. The normalized spacial score (nSPS) is 16.2. The van der Waals surface area contributed by atoms with E-state index >= 15 is 0 Å². The van der Waals surface area contributed by atoms with Gasteiger partial charge in [-0.25, -0.2) is 4.83 Å². The molecule has 0 radical (unpaired) electrons. The van der Waals surface area contributed by atoms with Crippen molar-refractivity contribution in [3.8, 4) is 0 Å². The van der Waals surface area contributed by atoms with E-state index in [0.717, 1.165) is 29.7 Å². The van der Waals surface area contributed by atoms with Gasteiger partial charge in [-0.05, 0) is 60.1 Å². The zero-order chi connectivity index (χ0) is 18.9. The van der Waals surface area contributed by atoms with E-state index in [4.69, 9.17) is 0 Å². The fraction of sp³-hybridized carbons (Fsp3) is 0.650. The molecule has 0 spiro atoms. The molecule has 5 heteroatoms. The molecular formula is C20H32N2O2S. The van der Waals surface area contributed by atoms with Crippen molar-refractivity contribution in [2.75, 3.05) is 0 Å². The van der Waals surface area contributed by atoms with Gasteiger partial charge in [-0.15, -0.1) is 0 Å². The molecule has 0 amide bonds. The molecule has 0 unspecified atom stereocenters. The summed E-state index contributed by atoms with van der Waals surface area (Å²) >= 11 is 0. The van der Waals surface area contributed by atoms with Crippen LogP contribution in [0.25, 0.3) is 0 Å². The lowest BCUT2D eigenvalue weighted by Crippen LogP contribution is -2.24. The number of hydrogen-bond acceptors (Lipinski definition) is 3. The maximum atomic E-state index is 13.1. The van der Waals surface area contributed by atoms with E-state index in [2.05, 4.69) is 23.8 Å². The highest BCUT2D eigenvalue weighted by atomic mass is 32.2. The number of hydrogen-bond donors (Lipinski definition) is 1. The first-order valence-electron chi connectivity index (χ1n) is 9.28. The topological polar surface area (TPSA) is 58.5 Å². The predicted octanol–water partition coefficient (Wildman–Crippen LogP) is 5.12. The average Bonchev–Trinajstić information content (AvgIpc) is 3.35. The highest BCUT2D eigenvalue weighted by Gasteiger charge is 2.28. The van der Waals surface area contributed by atoms with Crippen LogP contribution in [0.3, 0.4) is 0 Å². The standard InChI is InChI=1S/C20H32N2O2S/c1-12(2)17-10-18(13(3)4)20(19(11-17)14(5)6)25(23,24)22-21-15(7)16-8-9-16/h10-14,16,22H,8-9H2,1-7H3. The molecule has 1 aliphatic carbocycles. The van der Waals surface area contributed by atoms with Crippen LogP contribution in [0.15, 0.2) is 22.1 Å². The van der Waals surface area contributed by atoms with Crippen molar-refractivity contribution in [1.82, 2.24) is 4.83 Å². The Bertz CT molecular complexity index is 729. The lowest BCUT2D eigenvalue weighted by Gasteiger charge is -2.22. The highest BCUT2D eigenvalue weighted by molar-refractivity contribution is 7.89. The van der Waals surface area contributed by atoms with Gasteiger partial charge >= 0.3 is 0 Å². The van der Waals surface area contributed by atoms with E-state index in [1.807, 2.05) is 46.8 Å². The molecule has 1 N–H and O–H groups in total. The van der Waals surface area contributed by atoms with Gasteiger partial charge < -0.3 is 0 Å². The number of nitrogens with one attached hydrogen (secondary N) is 1. The Morgan fingerprint density at radius 3 is 1.84 bits per heavy atom. The third kappa shape index (κ3) is 4.63. The van der Waals surface area contributed by atoms with Crippen LogP contribution in [0.2, 0.25) is 0 Å². The molecule has 25 heavy (non-hydrogen) atoms. The molecule has 1 aromatic carbocycles. The summed E-state index contributed by atoms with van der Waals surface area (Å²) in [6.07, 6.45) is 2.21. The maximum Gasteiger partial charge on any atom is 0.277 e. The van der Waals surface area contributed by atoms with Crippen LogP contribution in [0.4, 0.5) is 0 Å². The lowest BCUT2D eigenvalue weighted by molar-refractivity contribution is 0.578. The molecule has 1 aliphatic rings. The molecule has 0 saturated heterocycles. The van der Waals surface area contributed by atoms with Gasteiger partial charge in [0.2, 0.25) is 0 Å². The van der Waals surface area contributed by atoms with Crippen molar-refractivity contribution in [3.63, 3.8) is 0 Å². The summed E-state index contributed by atoms with van der Waals surface area (Å²) in [5.41, 5.74) is 3.81. The highest BCUT2D eigenvalue weighted by Crippen LogP contribution is 2.35. The summed E-state index contributed by atoms with van der Waals surface area (Å²) < 4.78 is 26.2. The monoisotopic (exact) mass is 364 g/mol. The summed E-state index contributed by atoms with van der Waals surface area (Å²) in [4.78, 5) is 2.91. The molecule has 4 nitrogen and oxygen atoms in total. The minimum Gasteiger partial charge on any atom is -0.200 e. The fourth-order valence-corrected chi connectivity index (χ4v) is 4.54. The summed E-state index contributed by atoms with van der Waals surface area (Å²) in [5.74, 6) is 1.04. The van der Waals surface area contributed by atoms with E-state index in [9.17, 15) is 8.42 Å². The van der Waals surface area contributed by atoms with Gasteiger partial charge in [0.1, 0.15) is 0 Å². The summed E-state index contributed by atoms with van der Waals surface area (Å²) in [5, 5.41) is 4.17. The van der Waals surface area contributed by atoms with Crippen LogP contribution < -0.4 is 4.83 Å². The summed E-state index contributed by atoms with van der Waals surface area (Å²) in [7, 11) is -3.69. The van der Waals surface area contributed by atoms with Crippen LogP contribution in [0.5, 0.6) is 0 Å². The second-order valence-corrected chi connectivity index (χ2v) is 9.71. The smallest absolute Gasteiger partial charge is 0.200 e. The molecule has 0 atom stereocenters. The maximum absolute atomic E-state index is 13.1. The van der Waals surface area contributed by atoms with Crippen molar-refractivity contribution >= 4 is 15.7 Å². The van der Waals surface area contributed by atoms with Gasteiger partial charge in [-0.3, -0.25) is 0 Å². The van der Waals surface area contributed by atoms with E-state index in [0.29, 0.717) is 16.7 Å². The second-order valence-electron chi connectivity index (χ2n) is 8.11. The minimum absolute atomic E-state index is 0.122. The summed E-state index contributed by atoms with van der Waals surface area (Å²) in [6, 6.07) is 4.10. The Labute approximate surface area is 153 Å². The lowest BCUT2D eigenvalue weighted by atomic mass is 9.89. The Hall–Kier alpha value is -1.36. The SMILES string of the molecule is CC(=NNS(=O)(=O)c1c(C(C)C)cc(C(C)C)cc1C(C)C)C1CC1. The quantitative estimate of drug-likeness (QED) is 0.539. The minimum atomic E-state index is -3.69. The van der Waals surface area contributed by atoms with Crippen molar-refractivity contribution in [1.29, 1.82) is 0 Å². The number of sulfonamides is 1. The summed E-state index contributed by atoms with van der Waals surface area (Å²) in [6.45, 7) is 14.3. The van der Waals surface area contributed by atoms with E-state index < -0.39 is 10.0 Å². The Kier molecular flexibility index (Phi) is 5.97. The third-order valence-electron chi connectivity index (χ3n) is 4.86. The number of nitrogens with zero attached hydrogens (tertiary/aromatic N) is 1. The van der Waals surface area contributed by atoms with Crippen LogP contribution in [0.1, 0.15) is 95.8 Å².